The van der Waals surface area contributed by atoms with Crippen LogP contribution in [0, 0.1) is 17.4 Å². The van der Waals surface area contributed by atoms with E-state index >= 15 is 0 Å². The van der Waals surface area contributed by atoms with Gasteiger partial charge in [-0.25, -0.2) is 0 Å². The van der Waals surface area contributed by atoms with Crippen molar-refractivity contribution >= 4 is 5.91 Å². The summed E-state index contributed by atoms with van der Waals surface area (Å²) in [7, 11) is 0. The van der Waals surface area contributed by atoms with Gasteiger partial charge in [0.15, 0.2) is 6.19 Å². The average molecular weight is 141 g/mol. The summed E-state index contributed by atoms with van der Waals surface area (Å²) in [4.78, 5) is 10.5. The molecule has 1 amide bonds. The van der Waals surface area contributed by atoms with Gasteiger partial charge in [0.05, 0.1) is 0 Å². The number of carbonyl (C=O) groups is 1. The van der Waals surface area contributed by atoms with Crippen molar-refractivity contribution in [3.05, 3.63) is 0 Å². The van der Waals surface area contributed by atoms with Crippen molar-refractivity contribution in [2.24, 2.45) is 11.7 Å². The van der Waals surface area contributed by atoms with Crippen LogP contribution in [-0.2, 0) is 4.79 Å². The van der Waals surface area contributed by atoms with E-state index in [9.17, 15) is 4.79 Å². The number of nitrogens with two attached hydrogens (primary N) is 1. The Bertz CT molecular complexity index is 159. The molecule has 4 nitrogen and oxygen atoms in total. The van der Waals surface area contributed by atoms with Crippen LogP contribution in [0.3, 0.4) is 0 Å². The van der Waals surface area contributed by atoms with Crippen LogP contribution in [0.25, 0.3) is 0 Å². The van der Waals surface area contributed by atoms with E-state index in [0.29, 0.717) is 0 Å². The lowest BCUT2D eigenvalue weighted by Gasteiger charge is -2.13. The van der Waals surface area contributed by atoms with Crippen LogP contribution in [0.5, 0.6) is 0 Å². The van der Waals surface area contributed by atoms with Gasteiger partial charge in [-0.15, -0.1) is 0 Å². The predicted octanol–water partition coefficient (Wildman–Crippen LogP) is -0.433. The largest absolute Gasteiger partial charge is 0.368 e. The Kier molecular flexibility index (Phi) is 3.26. The molecule has 0 saturated carbocycles. The van der Waals surface area contributed by atoms with E-state index in [2.05, 4.69) is 5.32 Å². The molecule has 10 heavy (non-hydrogen) atoms. The number of amides is 1. The normalized spacial score (nSPS) is 12.2. The summed E-state index contributed by atoms with van der Waals surface area (Å²) in [6.07, 6.45) is 1.68. The van der Waals surface area contributed by atoms with Crippen molar-refractivity contribution in [3.8, 4) is 6.19 Å². The Morgan fingerprint density at radius 2 is 2.20 bits per heavy atom. The SMILES string of the molecule is CC(C)C(NC#N)C(N)=O. The van der Waals surface area contributed by atoms with E-state index in [4.69, 9.17) is 11.0 Å². The van der Waals surface area contributed by atoms with Gasteiger partial charge < -0.3 is 11.1 Å². The van der Waals surface area contributed by atoms with Gasteiger partial charge in [0.2, 0.25) is 5.91 Å². The van der Waals surface area contributed by atoms with Gasteiger partial charge in [-0.2, -0.15) is 5.26 Å². The van der Waals surface area contributed by atoms with Gasteiger partial charge in [0.25, 0.3) is 0 Å². The van der Waals surface area contributed by atoms with Crippen LogP contribution < -0.4 is 11.1 Å². The third kappa shape index (κ3) is 2.35. The fraction of sp³-hybridized carbons (Fsp3) is 0.667. The summed E-state index contributed by atoms with van der Waals surface area (Å²) < 4.78 is 0. The third-order valence-corrected chi connectivity index (χ3v) is 1.19. The zero-order valence-electron chi connectivity index (χ0n) is 6.09. The van der Waals surface area contributed by atoms with Crippen LogP contribution in [0.1, 0.15) is 13.8 Å². The minimum absolute atomic E-state index is 0.0529. The van der Waals surface area contributed by atoms with Crippen LogP contribution in [0.4, 0.5) is 0 Å². The molecule has 0 aliphatic carbocycles. The fourth-order valence-electron chi connectivity index (χ4n) is 0.636. The number of hydrogen-bond acceptors (Lipinski definition) is 3. The molecule has 3 N–H and O–H groups in total. The van der Waals surface area contributed by atoms with E-state index < -0.39 is 11.9 Å². The highest BCUT2D eigenvalue weighted by Gasteiger charge is 2.17. The first kappa shape index (κ1) is 8.76. The second-order valence-electron chi connectivity index (χ2n) is 2.38. The fourth-order valence-corrected chi connectivity index (χ4v) is 0.636. The maximum Gasteiger partial charge on any atom is 0.240 e. The van der Waals surface area contributed by atoms with Crippen molar-refractivity contribution in [1.82, 2.24) is 5.32 Å². The zero-order chi connectivity index (χ0) is 8.15. The van der Waals surface area contributed by atoms with E-state index in [1.165, 1.54) is 0 Å². The lowest BCUT2D eigenvalue weighted by molar-refractivity contribution is -0.120. The molecule has 0 aromatic rings. The van der Waals surface area contributed by atoms with Gasteiger partial charge in [-0.1, -0.05) is 13.8 Å². The maximum atomic E-state index is 10.5. The van der Waals surface area contributed by atoms with E-state index in [0.717, 1.165) is 0 Å². The van der Waals surface area contributed by atoms with Crippen molar-refractivity contribution in [3.63, 3.8) is 0 Å². The molecule has 0 aliphatic heterocycles. The van der Waals surface area contributed by atoms with Crippen LogP contribution in [-0.4, -0.2) is 11.9 Å². The lowest BCUT2D eigenvalue weighted by Crippen LogP contribution is -2.42. The molecule has 0 radical (unpaired) electrons. The molecular weight excluding hydrogens is 130 g/mol. The molecule has 0 spiro atoms. The Hall–Kier alpha value is -1.24. The van der Waals surface area contributed by atoms with Gasteiger partial charge in [-0.05, 0) is 5.92 Å². The van der Waals surface area contributed by atoms with Gasteiger partial charge in [-0.3, -0.25) is 4.79 Å². The molecule has 4 heteroatoms. The van der Waals surface area contributed by atoms with Crippen molar-refractivity contribution in [2.75, 3.05) is 0 Å². The highest BCUT2D eigenvalue weighted by Crippen LogP contribution is 1.98. The Balaban J connectivity index is 4.01. The summed E-state index contributed by atoms with van der Waals surface area (Å²) in [6, 6.07) is -0.537. The quantitative estimate of drug-likeness (QED) is 0.413. The van der Waals surface area contributed by atoms with Crippen molar-refractivity contribution < 1.29 is 4.79 Å². The van der Waals surface area contributed by atoms with E-state index in [1.807, 2.05) is 13.8 Å². The summed E-state index contributed by atoms with van der Waals surface area (Å²) in [5.74, 6) is -0.436. The maximum absolute atomic E-state index is 10.5. The summed E-state index contributed by atoms with van der Waals surface area (Å²) >= 11 is 0. The third-order valence-electron chi connectivity index (χ3n) is 1.19. The number of nitrogens with zero attached hydrogens (tertiary/aromatic N) is 1. The molecule has 0 saturated heterocycles. The number of hydrogen-bond donors (Lipinski definition) is 2. The molecule has 0 aromatic heterocycles. The molecule has 0 rings (SSSR count). The molecule has 1 unspecified atom stereocenters. The molecule has 56 valence electrons. The minimum Gasteiger partial charge on any atom is -0.368 e. The molecule has 0 aromatic carbocycles. The monoisotopic (exact) mass is 141 g/mol. The Morgan fingerprint density at radius 1 is 1.70 bits per heavy atom. The van der Waals surface area contributed by atoms with Crippen LogP contribution >= 0.6 is 0 Å². The predicted molar refractivity (Wildman–Crippen MR) is 36.6 cm³/mol. The average Bonchev–Trinajstić information content (AvgIpc) is 1.81. The van der Waals surface area contributed by atoms with Crippen molar-refractivity contribution in [2.45, 2.75) is 19.9 Å². The molecule has 1 atom stereocenters. The Labute approximate surface area is 60.0 Å². The van der Waals surface area contributed by atoms with Gasteiger partial charge >= 0.3 is 0 Å². The van der Waals surface area contributed by atoms with Gasteiger partial charge in [0, 0.05) is 0 Å². The molecule has 0 fully saturated rings. The minimum atomic E-state index is -0.537. The summed E-state index contributed by atoms with van der Waals surface area (Å²) in [5.41, 5.74) is 4.97. The molecule has 0 heterocycles. The number of nitriles is 1. The highest BCUT2D eigenvalue weighted by molar-refractivity contribution is 5.80. The summed E-state index contributed by atoms with van der Waals surface area (Å²) in [6.45, 7) is 3.64. The first-order chi connectivity index (χ1) is 4.59. The summed E-state index contributed by atoms with van der Waals surface area (Å²) in [5, 5.41) is 10.5. The molecular formula is C6H11N3O. The second-order valence-corrected chi connectivity index (χ2v) is 2.38. The number of carbonyl (C=O) groups excluding carboxylic acids is 1. The lowest BCUT2D eigenvalue weighted by atomic mass is 10.0. The van der Waals surface area contributed by atoms with Crippen LogP contribution in [0.15, 0.2) is 0 Å². The first-order valence-electron chi connectivity index (χ1n) is 3.03. The topological polar surface area (TPSA) is 78.9 Å². The highest BCUT2D eigenvalue weighted by atomic mass is 16.1. The molecule has 0 bridgehead atoms. The standard InChI is InChI=1S/C6H11N3O/c1-4(2)5(6(8)10)9-3-7/h4-5,9H,1-2H3,(H2,8,10). The first-order valence-corrected chi connectivity index (χ1v) is 3.03. The smallest absolute Gasteiger partial charge is 0.240 e. The number of rotatable bonds is 3. The van der Waals surface area contributed by atoms with E-state index in [1.54, 1.807) is 6.19 Å². The molecule has 0 aliphatic rings. The van der Waals surface area contributed by atoms with Crippen molar-refractivity contribution in [1.29, 1.82) is 5.26 Å². The Morgan fingerprint density at radius 3 is 2.30 bits per heavy atom. The zero-order valence-corrected chi connectivity index (χ0v) is 6.09. The number of primary amides is 1. The number of nitrogens with one attached hydrogen (secondary N) is 1. The second kappa shape index (κ2) is 3.72. The van der Waals surface area contributed by atoms with Gasteiger partial charge in [0.1, 0.15) is 6.04 Å². The van der Waals surface area contributed by atoms with Crippen LogP contribution in [0.2, 0.25) is 0 Å². The van der Waals surface area contributed by atoms with E-state index in [-0.39, 0.29) is 5.92 Å².